The molecule has 2 heteroatoms. The summed E-state index contributed by atoms with van der Waals surface area (Å²) < 4.78 is 0. The normalized spacial score (nSPS) is 14.0. The van der Waals surface area contributed by atoms with Crippen LogP contribution in [0.3, 0.4) is 0 Å². The lowest BCUT2D eigenvalue weighted by molar-refractivity contribution is 0.519. The van der Waals surface area contributed by atoms with Crippen LogP contribution >= 0.6 is 0 Å². The van der Waals surface area contributed by atoms with Crippen LogP contribution in [0, 0.1) is 69.2 Å². The first-order valence-electron chi connectivity index (χ1n) is 21.4. The number of aryl methyl sites for hydroxylation is 10. The molecule has 0 fully saturated rings. The molecule has 302 valence electrons. The van der Waals surface area contributed by atoms with Crippen molar-refractivity contribution < 1.29 is 0 Å². The van der Waals surface area contributed by atoms with Gasteiger partial charge in [-0.05, 0) is 125 Å². The van der Waals surface area contributed by atoms with Crippen molar-refractivity contribution in [2.75, 3.05) is 6.54 Å². The summed E-state index contributed by atoms with van der Waals surface area (Å²) >= 11 is 0. The molecule has 0 bridgehead atoms. The maximum atomic E-state index is 8.42. The van der Waals surface area contributed by atoms with Crippen LogP contribution in [0.5, 0.6) is 0 Å². The highest BCUT2D eigenvalue weighted by atomic mass is 14.8. The minimum absolute atomic E-state index is 0.0687. The highest BCUT2D eigenvalue weighted by molar-refractivity contribution is 5.62. The van der Waals surface area contributed by atoms with Crippen molar-refractivity contribution in [2.45, 2.75) is 126 Å². The molecule has 0 aliphatic rings. The van der Waals surface area contributed by atoms with Crippen LogP contribution in [-0.4, -0.2) is 6.54 Å². The van der Waals surface area contributed by atoms with Crippen LogP contribution in [0.25, 0.3) is 0 Å². The first-order chi connectivity index (χ1) is 27.3. The Morgan fingerprint density at radius 1 is 0.328 bits per heavy atom. The monoisotopic (exact) mass is 769 g/mol. The van der Waals surface area contributed by atoms with Crippen molar-refractivity contribution in [2.24, 2.45) is 11.5 Å². The molecule has 0 amide bonds. The van der Waals surface area contributed by atoms with Crippen LogP contribution < -0.4 is 11.5 Å². The van der Waals surface area contributed by atoms with E-state index in [0.717, 1.165) is 11.1 Å². The van der Waals surface area contributed by atoms with E-state index in [1.807, 2.05) is 0 Å². The lowest BCUT2D eigenvalue weighted by Gasteiger charge is -2.41. The van der Waals surface area contributed by atoms with E-state index in [0.29, 0.717) is 0 Å². The summed E-state index contributed by atoms with van der Waals surface area (Å²) in [5.41, 5.74) is 39.8. The second kappa shape index (κ2) is 16.8. The first-order valence-corrected chi connectivity index (χ1v) is 21.4. The zero-order valence-corrected chi connectivity index (χ0v) is 37.9. The van der Waals surface area contributed by atoms with Crippen LogP contribution in [0.15, 0.2) is 97.1 Å². The molecule has 0 aliphatic heterocycles. The average Bonchev–Trinajstić information content (AvgIpc) is 3.14. The minimum atomic E-state index is -1.04. The Morgan fingerprint density at radius 2 is 0.500 bits per heavy atom. The van der Waals surface area contributed by atoms with E-state index >= 15 is 0 Å². The van der Waals surface area contributed by atoms with Crippen molar-refractivity contribution >= 4 is 0 Å². The molecular weight excluding hydrogens is 701 g/mol. The van der Waals surface area contributed by atoms with Crippen molar-refractivity contribution in [3.05, 3.63) is 208 Å². The van der Waals surface area contributed by atoms with Gasteiger partial charge in [-0.1, -0.05) is 180 Å². The van der Waals surface area contributed by atoms with E-state index in [1.54, 1.807) is 0 Å². The van der Waals surface area contributed by atoms with Gasteiger partial charge >= 0.3 is 0 Å². The van der Waals surface area contributed by atoms with E-state index in [-0.39, 0.29) is 30.2 Å². The van der Waals surface area contributed by atoms with Gasteiger partial charge in [0.15, 0.2) is 0 Å². The number of nitrogens with two attached hydrogens (primary N) is 2. The van der Waals surface area contributed by atoms with E-state index in [1.165, 1.54) is 100 Å². The zero-order chi connectivity index (χ0) is 42.4. The van der Waals surface area contributed by atoms with Gasteiger partial charge in [0.25, 0.3) is 0 Å². The van der Waals surface area contributed by atoms with E-state index < -0.39 is 5.54 Å². The summed E-state index contributed by atoms with van der Waals surface area (Å²) in [5.74, 6) is 0.275. The van der Waals surface area contributed by atoms with E-state index in [9.17, 15) is 0 Å². The van der Waals surface area contributed by atoms with Crippen LogP contribution in [0.2, 0.25) is 0 Å². The molecule has 4 atom stereocenters. The predicted molar refractivity (Wildman–Crippen MR) is 250 cm³/mol. The molecule has 58 heavy (non-hydrogen) atoms. The van der Waals surface area contributed by atoms with E-state index in [2.05, 4.69) is 194 Å². The third kappa shape index (κ3) is 8.66. The molecule has 6 rings (SSSR count). The number of hydrogen-bond acceptors (Lipinski definition) is 2. The Balaban J connectivity index is 1.78. The van der Waals surface area contributed by atoms with Crippen LogP contribution in [-0.2, 0) is 5.54 Å². The van der Waals surface area contributed by atoms with Crippen LogP contribution in [0.1, 0.15) is 163 Å². The molecule has 0 aliphatic carbocycles. The summed E-state index contributed by atoms with van der Waals surface area (Å²) in [6, 6.07) is 37.5. The predicted octanol–water partition coefficient (Wildman–Crippen LogP) is 13.5. The lowest BCUT2D eigenvalue weighted by Crippen LogP contribution is -2.48. The molecule has 0 radical (unpaired) electrons. The average molecular weight is 769 g/mol. The van der Waals surface area contributed by atoms with Crippen molar-refractivity contribution in [3.63, 3.8) is 0 Å². The number of benzene rings is 6. The van der Waals surface area contributed by atoms with Gasteiger partial charge in [0.1, 0.15) is 0 Å². The molecule has 2 nitrogen and oxygen atoms in total. The molecule has 6 aromatic rings. The fraction of sp³-hybridized carbons (Fsp3) is 0.357. The third-order valence-corrected chi connectivity index (χ3v) is 12.7. The topological polar surface area (TPSA) is 52.0 Å². The molecule has 0 spiro atoms. The standard InChI is InChI=1S/C56H68N2/c1-32-15-33(2)20-46(19-32)42(11)50-27-40(9)28-51(43(12)47-21-34(3)16-35(4)22-47)54(50)56(58,31-57)55-52(44(13)48-23-36(5)17-37(6)24-48)29-41(10)30-53(55)45(14)49-25-38(7)18-39(8)26-49/h15-30,42-45H,31,57-58H2,1-14H3/t42-,43-,44-,45-/m1/s1. The summed E-state index contributed by atoms with van der Waals surface area (Å²) in [7, 11) is 0. The SMILES string of the molecule is Cc1cc(C)cc([C@@H](C)c2cc(C)cc([C@H](C)c3cc(C)cc(C)c3)c2C(N)(CN)c2c([C@H](C)c3cc(C)cc(C)c3)cc(C)cc2[C@H](C)c2cc(C)cc(C)c2)c1. The molecule has 0 saturated heterocycles. The zero-order valence-electron chi connectivity index (χ0n) is 37.9. The third-order valence-electron chi connectivity index (χ3n) is 12.7. The quantitative estimate of drug-likeness (QED) is 0.138. The molecule has 6 aromatic carbocycles. The van der Waals surface area contributed by atoms with Gasteiger partial charge in [0.05, 0.1) is 5.54 Å². The largest absolute Gasteiger partial charge is 0.328 e. The van der Waals surface area contributed by atoms with Gasteiger partial charge in [-0.25, -0.2) is 0 Å². The Kier molecular flexibility index (Phi) is 12.4. The highest BCUT2D eigenvalue weighted by Crippen LogP contribution is 2.48. The van der Waals surface area contributed by atoms with Crippen molar-refractivity contribution in [1.29, 1.82) is 0 Å². The van der Waals surface area contributed by atoms with E-state index in [4.69, 9.17) is 11.5 Å². The molecule has 0 saturated carbocycles. The van der Waals surface area contributed by atoms with Gasteiger partial charge in [-0.3, -0.25) is 0 Å². The Labute approximate surface area is 351 Å². The first kappa shape index (κ1) is 42.8. The van der Waals surface area contributed by atoms with Crippen LogP contribution in [0.4, 0.5) is 0 Å². The summed E-state index contributed by atoms with van der Waals surface area (Å²) in [6.45, 7) is 31.8. The molecule has 4 N–H and O–H groups in total. The molecular formula is C56H68N2. The van der Waals surface area contributed by atoms with Gasteiger partial charge in [-0.15, -0.1) is 0 Å². The van der Waals surface area contributed by atoms with Gasteiger partial charge in [0.2, 0.25) is 0 Å². The second-order valence-corrected chi connectivity index (χ2v) is 18.4. The summed E-state index contributed by atoms with van der Waals surface area (Å²) in [6.07, 6.45) is 0. The molecule has 0 heterocycles. The smallest absolute Gasteiger partial charge is 0.0801 e. The molecule has 0 unspecified atom stereocenters. The van der Waals surface area contributed by atoms with Gasteiger partial charge in [0, 0.05) is 30.2 Å². The minimum Gasteiger partial charge on any atom is -0.328 e. The maximum absolute atomic E-state index is 8.42. The Hall–Kier alpha value is -4.76. The Bertz CT molecular complexity index is 2070. The Morgan fingerprint density at radius 3 is 0.672 bits per heavy atom. The fourth-order valence-electron chi connectivity index (χ4n) is 10.2. The lowest BCUT2D eigenvalue weighted by atomic mass is 9.67. The second-order valence-electron chi connectivity index (χ2n) is 18.4. The highest BCUT2D eigenvalue weighted by Gasteiger charge is 2.41. The van der Waals surface area contributed by atoms with Gasteiger partial charge < -0.3 is 11.5 Å². The fourth-order valence-corrected chi connectivity index (χ4v) is 10.2. The maximum Gasteiger partial charge on any atom is 0.0801 e. The number of hydrogen-bond donors (Lipinski definition) is 2. The van der Waals surface area contributed by atoms with Crippen molar-refractivity contribution in [3.8, 4) is 0 Å². The summed E-state index contributed by atoms with van der Waals surface area (Å²) in [5, 5.41) is 0. The van der Waals surface area contributed by atoms with Crippen molar-refractivity contribution in [1.82, 2.24) is 0 Å². The van der Waals surface area contributed by atoms with Gasteiger partial charge in [-0.2, -0.15) is 0 Å². The number of rotatable bonds is 11. The molecule has 0 aromatic heterocycles. The summed E-state index contributed by atoms with van der Waals surface area (Å²) in [4.78, 5) is 0.